The number of anilines is 1. The van der Waals surface area contributed by atoms with Crippen LogP contribution in [0.1, 0.15) is 0 Å². The molecule has 3 aromatic carbocycles. The van der Waals surface area contributed by atoms with Crippen molar-refractivity contribution < 1.29 is 0 Å². The van der Waals surface area contributed by atoms with E-state index in [0.717, 1.165) is 22.2 Å². The lowest BCUT2D eigenvalue weighted by molar-refractivity contribution is 1.30. The van der Waals surface area contributed by atoms with Crippen LogP contribution in [-0.4, -0.2) is 9.97 Å². The third-order valence-corrected chi connectivity index (χ3v) is 4.03. The van der Waals surface area contributed by atoms with Crippen molar-refractivity contribution in [1.29, 1.82) is 0 Å². The normalized spacial score (nSPS) is 11.1. The second-order valence-corrected chi connectivity index (χ2v) is 5.46. The minimum Gasteiger partial charge on any atom is -0.381 e. The molecule has 0 fully saturated rings. The first-order chi connectivity index (χ1) is 10.7. The van der Waals surface area contributed by atoms with Crippen molar-refractivity contribution in [2.24, 2.45) is 0 Å². The Morgan fingerprint density at radius 3 is 2.41 bits per heavy atom. The van der Waals surface area contributed by atoms with Gasteiger partial charge in [-0.05, 0) is 22.4 Å². The molecule has 0 aliphatic carbocycles. The molecule has 0 atom stereocenters. The summed E-state index contributed by atoms with van der Waals surface area (Å²) in [6.07, 6.45) is 0. The van der Waals surface area contributed by atoms with Crippen LogP contribution >= 0.6 is 11.6 Å². The van der Waals surface area contributed by atoms with E-state index < -0.39 is 0 Å². The summed E-state index contributed by atoms with van der Waals surface area (Å²) in [7, 11) is 0. The van der Waals surface area contributed by atoms with Gasteiger partial charge in [0.15, 0.2) is 11.0 Å². The second kappa shape index (κ2) is 4.97. The fourth-order valence-corrected chi connectivity index (χ4v) is 2.87. The summed E-state index contributed by atoms with van der Waals surface area (Å²) in [4.78, 5) is 8.76. The van der Waals surface area contributed by atoms with Crippen molar-refractivity contribution in [3.63, 3.8) is 0 Å². The topological polar surface area (TPSA) is 51.8 Å². The van der Waals surface area contributed by atoms with Gasteiger partial charge in [0.1, 0.15) is 0 Å². The van der Waals surface area contributed by atoms with E-state index in [2.05, 4.69) is 34.2 Å². The maximum absolute atomic E-state index is 6.07. The van der Waals surface area contributed by atoms with E-state index in [1.807, 2.05) is 36.4 Å². The number of hydrogen-bond acceptors (Lipinski definition) is 3. The Balaban J connectivity index is 2.11. The first kappa shape index (κ1) is 13.0. The highest BCUT2D eigenvalue weighted by molar-refractivity contribution is 6.32. The van der Waals surface area contributed by atoms with Crippen LogP contribution in [-0.2, 0) is 0 Å². The van der Waals surface area contributed by atoms with Gasteiger partial charge in [-0.3, -0.25) is 0 Å². The fraction of sp³-hybridized carbons (Fsp3) is 0. The van der Waals surface area contributed by atoms with E-state index >= 15 is 0 Å². The van der Waals surface area contributed by atoms with Crippen LogP contribution in [0.5, 0.6) is 0 Å². The average Bonchev–Trinajstić information content (AvgIpc) is 2.55. The highest BCUT2D eigenvalue weighted by Crippen LogP contribution is 2.33. The third kappa shape index (κ3) is 1.98. The van der Waals surface area contributed by atoms with Gasteiger partial charge >= 0.3 is 0 Å². The molecular weight excluding hydrogens is 294 g/mol. The summed E-state index contributed by atoms with van der Waals surface area (Å²) >= 11 is 6.07. The molecule has 22 heavy (non-hydrogen) atoms. The van der Waals surface area contributed by atoms with E-state index in [0.29, 0.717) is 0 Å². The molecule has 0 unspecified atom stereocenters. The van der Waals surface area contributed by atoms with Gasteiger partial charge in [-0.25, -0.2) is 9.97 Å². The molecular formula is C18H12ClN3. The first-order valence-corrected chi connectivity index (χ1v) is 7.32. The summed E-state index contributed by atoms with van der Waals surface area (Å²) < 4.78 is 0. The molecule has 0 aliphatic rings. The Morgan fingerprint density at radius 1 is 0.773 bits per heavy atom. The lowest BCUT2D eigenvalue weighted by Crippen LogP contribution is -1.96. The highest BCUT2D eigenvalue weighted by atomic mass is 35.5. The molecule has 106 valence electrons. The molecule has 0 bridgehead atoms. The molecule has 4 rings (SSSR count). The van der Waals surface area contributed by atoms with Gasteiger partial charge in [-0.2, -0.15) is 0 Å². The molecule has 1 aromatic heterocycles. The molecule has 0 amide bonds. The van der Waals surface area contributed by atoms with Crippen LogP contribution in [0, 0.1) is 0 Å². The van der Waals surface area contributed by atoms with Crippen molar-refractivity contribution >= 4 is 39.2 Å². The van der Waals surface area contributed by atoms with Crippen LogP contribution < -0.4 is 5.73 Å². The Kier molecular flexibility index (Phi) is 2.94. The molecule has 0 radical (unpaired) electrons. The largest absolute Gasteiger partial charge is 0.381 e. The number of fused-ring (bicyclic) bond motifs is 2. The second-order valence-electron chi connectivity index (χ2n) is 5.10. The molecule has 1 heterocycles. The van der Waals surface area contributed by atoms with E-state index in [4.69, 9.17) is 17.3 Å². The highest BCUT2D eigenvalue weighted by Gasteiger charge is 2.11. The number of rotatable bonds is 1. The van der Waals surface area contributed by atoms with Gasteiger partial charge in [-0.1, -0.05) is 66.2 Å². The monoisotopic (exact) mass is 305 g/mol. The first-order valence-electron chi connectivity index (χ1n) is 6.94. The van der Waals surface area contributed by atoms with Crippen LogP contribution in [0.4, 0.5) is 5.82 Å². The lowest BCUT2D eigenvalue weighted by atomic mass is 9.97. The van der Waals surface area contributed by atoms with E-state index in [9.17, 15) is 0 Å². The van der Waals surface area contributed by atoms with Gasteiger partial charge in [0, 0.05) is 5.56 Å². The quantitative estimate of drug-likeness (QED) is 0.555. The zero-order valence-corrected chi connectivity index (χ0v) is 12.4. The van der Waals surface area contributed by atoms with Crippen molar-refractivity contribution in [2.45, 2.75) is 0 Å². The molecule has 0 saturated heterocycles. The number of benzene rings is 3. The van der Waals surface area contributed by atoms with Crippen molar-refractivity contribution in [1.82, 2.24) is 9.97 Å². The van der Waals surface area contributed by atoms with Gasteiger partial charge in [0.2, 0.25) is 0 Å². The molecule has 2 N–H and O–H groups in total. The standard InChI is InChI=1S/C18H12ClN3/c19-17-18(20)21-15-10-4-9-14(16(15)22-17)13-8-3-6-11-5-1-2-7-12(11)13/h1-10H,(H2,20,21). The minimum absolute atomic E-state index is 0.236. The molecule has 4 heteroatoms. The summed E-state index contributed by atoms with van der Waals surface area (Å²) in [5.74, 6) is 0.254. The van der Waals surface area contributed by atoms with E-state index in [-0.39, 0.29) is 11.0 Å². The number of nitrogens with two attached hydrogens (primary N) is 1. The molecule has 0 aliphatic heterocycles. The number of nitrogen functional groups attached to an aromatic ring is 1. The van der Waals surface area contributed by atoms with Crippen LogP contribution in [0.15, 0.2) is 60.7 Å². The van der Waals surface area contributed by atoms with Crippen molar-refractivity contribution in [3.05, 3.63) is 65.8 Å². The average molecular weight is 306 g/mol. The van der Waals surface area contributed by atoms with Gasteiger partial charge in [0.25, 0.3) is 0 Å². The predicted molar refractivity (Wildman–Crippen MR) is 91.9 cm³/mol. The Hall–Kier alpha value is -2.65. The van der Waals surface area contributed by atoms with E-state index in [1.165, 1.54) is 10.8 Å². The fourth-order valence-electron chi connectivity index (χ4n) is 2.75. The lowest BCUT2D eigenvalue weighted by Gasteiger charge is -2.10. The zero-order valence-electron chi connectivity index (χ0n) is 11.6. The Bertz CT molecular complexity index is 1010. The minimum atomic E-state index is 0.236. The third-order valence-electron chi connectivity index (χ3n) is 3.76. The van der Waals surface area contributed by atoms with E-state index in [1.54, 1.807) is 0 Å². The number of hydrogen-bond donors (Lipinski definition) is 1. The molecule has 4 aromatic rings. The Labute approximate surface area is 132 Å². The van der Waals surface area contributed by atoms with Crippen molar-refractivity contribution in [3.8, 4) is 11.1 Å². The summed E-state index contributed by atoms with van der Waals surface area (Å²) in [5.41, 5.74) is 9.38. The maximum atomic E-state index is 6.07. The van der Waals surface area contributed by atoms with Gasteiger partial charge in [0.05, 0.1) is 11.0 Å². The number of para-hydroxylation sites is 1. The predicted octanol–water partition coefficient (Wildman–Crippen LogP) is 4.69. The SMILES string of the molecule is Nc1nc2cccc(-c3cccc4ccccc34)c2nc1Cl. The number of nitrogens with zero attached hydrogens (tertiary/aromatic N) is 2. The molecule has 0 spiro atoms. The molecule has 0 saturated carbocycles. The number of halogens is 1. The zero-order chi connectivity index (χ0) is 15.1. The summed E-state index contributed by atoms with van der Waals surface area (Å²) in [6, 6.07) is 20.4. The van der Waals surface area contributed by atoms with Crippen LogP contribution in [0.3, 0.4) is 0 Å². The van der Waals surface area contributed by atoms with Gasteiger partial charge < -0.3 is 5.73 Å². The molecule has 3 nitrogen and oxygen atoms in total. The van der Waals surface area contributed by atoms with Gasteiger partial charge in [-0.15, -0.1) is 0 Å². The van der Waals surface area contributed by atoms with Crippen LogP contribution in [0.25, 0.3) is 32.9 Å². The Morgan fingerprint density at radius 2 is 1.50 bits per heavy atom. The summed E-state index contributed by atoms with van der Waals surface area (Å²) in [6.45, 7) is 0. The number of aromatic nitrogens is 2. The smallest absolute Gasteiger partial charge is 0.171 e. The van der Waals surface area contributed by atoms with Crippen molar-refractivity contribution in [2.75, 3.05) is 5.73 Å². The summed E-state index contributed by atoms with van der Waals surface area (Å²) in [5, 5.41) is 2.60. The maximum Gasteiger partial charge on any atom is 0.171 e. The van der Waals surface area contributed by atoms with Crippen LogP contribution in [0.2, 0.25) is 5.15 Å².